The second-order valence-electron chi connectivity index (χ2n) is 10.0. The molecule has 0 bridgehead atoms. The number of amides is 2. The first kappa shape index (κ1) is 29.6. The number of fused-ring (bicyclic) bond motifs is 1. The molecule has 12 heteroatoms. The van der Waals surface area contributed by atoms with Crippen molar-refractivity contribution in [2.75, 3.05) is 59.2 Å². The van der Waals surface area contributed by atoms with E-state index in [-0.39, 0.29) is 5.56 Å². The number of aromatic nitrogens is 1. The summed E-state index contributed by atoms with van der Waals surface area (Å²) in [5.41, 5.74) is 0.803. The first-order valence-electron chi connectivity index (χ1n) is 13.6. The number of nitriles is 1. The number of carbonyl (C=O) groups excluding carboxylic acids is 2. The van der Waals surface area contributed by atoms with E-state index in [0.29, 0.717) is 43.1 Å². The van der Waals surface area contributed by atoms with E-state index in [1.165, 1.54) is 25.1 Å². The number of pyridine rings is 1. The lowest BCUT2D eigenvalue weighted by Gasteiger charge is -2.22. The summed E-state index contributed by atoms with van der Waals surface area (Å²) >= 11 is 0. The number of hydrogen-bond donors (Lipinski definition) is 2. The van der Waals surface area contributed by atoms with Gasteiger partial charge in [0, 0.05) is 24.6 Å². The van der Waals surface area contributed by atoms with Gasteiger partial charge in [0.15, 0.2) is 0 Å². The zero-order valence-corrected chi connectivity index (χ0v) is 22.4. The molecule has 0 saturated carbocycles. The van der Waals surface area contributed by atoms with Crippen molar-refractivity contribution in [1.29, 1.82) is 5.26 Å². The third-order valence-electron chi connectivity index (χ3n) is 7.09. The molecule has 2 saturated heterocycles. The zero-order valence-electron chi connectivity index (χ0n) is 22.4. The van der Waals surface area contributed by atoms with Crippen LogP contribution in [0.1, 0.15) is 36.0 Å². The molecule has 216 valence electrons. The van der Waals surface area contributed by atoms with E-state index in [1.807, 2.05) is 0 Å². The van der Waals surface area contributed by atoms with Gasteiger partial charge in [-0.25, -0.2) is 8.78 Å². The number of benzene rings is 1. The molecule has 3 heterocycles. The van der Waals surface area contributed by atoms with E-state index in [2.05, 4.69) is 15.6 Å². The minimum Gasteiger partial charge on any atom is -0.491 e. The molecule has 1 unspecified atom stereocenters. The lowest BCUT2D eigenvalue weighted by molar-refractivity contribution is -0.131. The summed E-state index contributed by atoms with van der Waals surface area (Å²) in [5.74, 6) is -3.18. The summed E-state index contributed by atoms with van der Waals surface area (Å²) in [5, 5.41) is 15.4. The molecule has 0 radical (unpaired) electrons. The highest BCUT2D eigenvalue weighted by atomic mass is 19.3. The molecule has 40 heavy (non-hydrogen) atoms. The van der Waals surface area contributed by atoms with Crippen molar-refractivity contribution in [2.45, 2.75) is 37.6 Å². The SMILES string of the molecule is N#CC1CC(F)(F)CN1C(=O)CNC(=O)c1ccnc2ccc(OCCOCCOCCC3CCNCC3)cc12. The van der Waals surface area contributed by atoms with Gasteiger partial charge in [-0.1, -0.05) is 0 Å². The number of rotatable bonds is 13. The van der Waals surface area contributed by atoms with E-state index in [4.69, 9.17) is 19.5 Å². The number of nitrogens with zero attached hydrogens (tertiary/aromatic N) is 3. The quantitative estimate of drug-likeness (QED) is 0.359. The van der Waals surface area contributed by atoms with Gasteiger partial charge in [-0.2, -0.15) is 5.26 Å². The molecule has 2 fully saturated rings. The van der Waals surface area contributed by atoms with Crippen LogP contribution in [-0.4, -0.2) is 92.9 Å². The lowest BCUT2D eigenvalue weighted by Crippen LogP contribution is -2.43. The van der Waals surface area contributed by atoms with Gasteiger partial charge in [-0.3, -0.25) is 14.6 Å². The first-order chi connectivity index (χ1) is 19.4. The number of piperidine rings is 1. The molecule has 1 aromatic heterocycles. The van der Waals surface area contributed by atoms with Crippen molar-refractivity contribution in [3.63, 3.8) is 0 Å². The lowest BCUT2D eigenvalue weighted by atomic mass is 9.95. The van der Waals surface area contributed by atoms with Gasteiger partial charge in [0.05, 0.1) is 50.1 Å². The van der Waals surface area contributed by atoms with Crippen molar-refractivity contribution in [1.82, 2.24) is 20.5 Å². The summed E-state index contributed by atoms with van der Waals surface area (Å²) in [6.07, 6.45) is 4.25. The predicted molar refractivity (Wildman–Crippen MR) is 142 cm³/mol. The summed E-state index contributed by atoms with van der Waals surface area (Å²) in [6, 6.07) is 7.13. The smallest absolute Gasteiger partial charge is 0.268 e. The van der Waals surface area contributed by atoms with Gasteiger partial charge in [0.1, 0.15) is 18.4 Å². The Labute approximate surface area is 232 Å². The molecule has 4 rings (SSSR count). The molecule has 0 aliphatic carbocycles. The van der Waals surface area contributed by atoms with Crippen LogP contribution in [0.3, 0.4) is 0 Å². The van der Waals surface area contributed by atoms with E-state index in [9.17, 15) is 18.4 Å². The third kappa shape index (κ3) is 8.30. The minimum atomic E-state index is -3.12. The van der Waals surface area contributed by atoms with Gasteiger partial charge >= 0.3 is 0 Å². The molecule has 1 aromatic carbocycles. The fourth-order valence-electron chi connectivity index (χ4n) is 4.92. The molecular formula is C28H35F2N5O5. The molecule has 2 N–H and O–H groups in total. The van der Waals surface area contributed by atoms with Gasteiger partial charge in [0.2, 0.25) is 5.91 Å². The molecule has 1 atom stereocenters. The van der Waals surface area contributed by atoms with Crippen LogP contribution in [0.15, 0.2) is 30.5 Å². The highest BCUT2D eigenvalue weighted by Crippen LogP contribution is 2.31. The first-order valence-corrected chi connectivity index (χ1v) is 13.6. The van der Waals surface area contributed by atoms with Crippen molar-refractivity contribution < 1.29 is 32.6 Å². The average molecular weight is 560 g/mol. The Morgan fingerprint density at radius 2 is 1.88 bits per heavy atom. The van der Waals surface area contributed by atoms with Crippen LogP contribution < -0.4 is 15.4 Å². The number of ether oxygens (including phenoxy) is 3. The van der Waals surface area contributed by atoms with Crippen LogP contribution in [-0.2, 0) is 14.3 Å². The molecule has 2 aromatic rings. The van der Waals surface area contributed by atoms with Crippen LogP contribution in [0, 0.1) is 17.2 Å². The van der Waals surface area contributed by atoms with Crippen LogP contribution in [0.5, 0.6) is 5.75 Å². The van der Waals surface area contributed by atoms with E-state index in [1.54, 1.807) is 24.3 Å². The molecular weight excluding hydrogens is 524 g/mol. The fraction of sp³-hybridized carbons (Fsp3) is 0.571. The summed E-state index contributed by atoms with van der Waals surface area (Å²) in [6.45, 7) is 3.26. The molecule has 0 spiro atoms. The van der Waals surface area contributed by atoms with E-state index in [0.717, 1.165) is 36.9 Å². The van der Waals surface area contributed by atoms with Gasteiger partial charge in [-0.05, 0) is 62.5 Å². The van der Waals surface area contributed by atoms with Crippen molar-refractivity contribution in [3.8, 4) is 11.8 Å². The van der Waals surface area contributed by atoms with Crippen LogP contribution in [0.2, 0.25) is 0 Å². The predicted octanol–water partition coefficient (Wildman–Crippen LogP) is 2.53. The Balaban J connectivity index is 1.20. The van der Waals surface area contributed by atoms with E-state index < -0.39 is 43.3 Å². The maximum Gasteiger partial charge on any atom is 0.268 e. The topological polar surface area (TPSA) is 126 Å². The van der Waals surface area contributed by atoms with Crippen LogP contribution in [0.25, 0.3) is 10.9 Å². The maximum absolute atomic E-state index is 13.7. The van der Waals surface area contributed by atoms with Crippen LogP contribution >= 0.6 is 0 Å². The summed E-state index contributed by atoms with van der Waals surface area (Å²) < 4.78 is 44.3. The Hall–Kier alpha value is -3.40. The number of hydrogen-bond acceptors (Lipinski definition) is 8. The Bertz CT molecular complexity index is 1200. The van der Waals surface area contributed by atoms with Gasteiger partial charge < -0.3 is 29.7 Å². The highest BCUT2D eigenvalue weighted by Gasteiger charge is 2.47. The van der Waals surface area contributed by atoms with Gasteiger partial charge in [-0.15, -0.1) is 0 Å². The fourth-order valence-corrected chi connectivity index (χ4v) is 4.92. The Kier molecular flexibility index (Phi) is 10.6. The van der Waals surface area contributed by atoms with Crippen molar-refractivity contribution in [2.24, 2.45) is 5.92 Å². The maximum atomic E-state index is 13.7. The van der Waals surface area contributed by atoms with Crippen molar-refractivity contribution in [3.05, 3.63) is 36.0 Å². The number of carbonyl (C=O) groups is 2. The number of likely N-dealkylation sites (tertiary alicyclic amines) is 1. The third-order valence-corrected chi connectivity index (χ3v) is 7.09. The monoisotopic (exact) mass is 559 g/mol. The highest BCUT2D eigenvalue weighted by molar-refractivity contribution is 6.07. The zero-order chi connectivity index (χ0) is 28.4. The molecule has 2 aliphatic rings. The standard InChI is InChI=1S/C28H35F2N5O5/c29-28(30)16-21(17-31)35(19-28)26(36)18-34-27(37)23-5-9-33-25-2-1-22(15-24(23)25)40-14-13-39-12-11-38-10-6-20-3-7-32-8-4-20/h1-2,5,9,15,20-21,32H,3-4,6-8,10-14,16,18-19H2,(H,34,37). The number of halogens is 2. The van der Waals surface area contributed by atoms with Crippen molar-refractivity contribution >= 4 is 22.7 Å². The summed E-state index contributed by atoms with van der Waals surface area (Å²) in [4.78, 5) is 30.4. The Morgan fingerprint density at radius 3 is 2.65 bits per heavy atom. The largest absolute Gasteiger partial charge is 0.491 e. The minimum absolute atomic E-state index is 0.254. The average Bonchev–Trinajstić information content (AvgIpc) is 3.29. The van der Waals surface area contributed by atoms with E-state index >= 15 is 0 Å². The molecule has 10 nitrogen and oxygen atoms in total. The number of nitrogens with one attached hydrogen (secondary N) is 2. The molecule has 2 amide bonds. The van der Waals surface area contributed by atoms with Crippen LogP contribution in [0.4, 0.5) is 8.78 Å². The number of alkyl halides is 2. The second-order valence-corrected chi connectivity index (χ2v) is 10.0. The Morgan fingerprint density at radius 1 is 1.12 bits per heavy atom. The molecule has 2 aliphatic heterocycles. The second kappa shape index (κ2) is 14.3. The normalized spacial score (nSPS) is 18.9. The van der Waals surface area contributed by atoms with Gasteiger partial charge in [0.25, 0.3) is 11.8 Å². The summed E-state index contributed by atoms with van der Waals surface area (Å²) in [7, 11) is 0.